The standard InChI is InChI=1S/C16H11Cl2N3O3/c1-8(22)19-9-6-12(17)14(13(18)7-9)24-16-11-5-3-2-4-10(11)15(23)20-21-16/h2-7H,1H3,(H,19,22)(H,20,23). The molecular weight excluding hydrogens is 353 g/mol. The van der Waals surface area contributed by atoms with Gasteiger partial charge in [-0.15, -0.1) is 5.10 Å². The molecule has 0 bridgehead atoms. The van der Waals surface area contributed by atoms with Crippen molar-refractivity contribution in [2.24, 2.45) is 0 Å². The molecule has 0 aliphatic carbocycles. The predicted molar refractivity (Wildman–Crippen MR) is 93.2 cm³/mol. The van der Waals surface area contributed by atoms with Gasteiger partial charge in [-0.05, 0) is 24.3 Å². The van der Waals surface area contributed by atoms with E-state index < -0.39 is 0 Å². The molecule has 24 heavy (non-hydrogen) atoms. The third kappa shape index (κ3) is 3.20. The quantitative estimate of drug-likeness (QED) is 0.736. The van der Waals surface area contributed by atoms with Crippen molar-refractivity contribution in [3.63, 3.8) is 0 Å². The second kappa shape index (κ2) is 6.51. The zero-order chi connectivity index (χ0) is 17.3. The fraction of sp³-hybridized carbons (Fsp3) is 0.0625. The maximum Gasteiger partial charge on any atom is 0.272 e. The van der Waals surface area contributed by atoms with Gasteiger partial charge in [-0.2, -0.15) is 0 Å². The van der Waals surface area contributed by atoms with Crippen LogP contribution in [0.1, 0.15) is 6.92 Å². The van der Waals surface area contributed by atoms with E-state index in [9.17, 15) is 9.59 Å². The minimum atomic E-state index is -0.323. The number of amides is 1. The average molecular weight is 364 g/mol. The van der Waals surface area contributed by atoms with E-state index >= 15 is 0 Å². The SMILES string of the molecule is CC(=O)Nc1cc(Cl)c(Oc2n[nH]c(=O)c3ccccc23)c(Cl)c1. The Balaban J connectivity index is 2.05. The fourth-order valence-electron chi connectivity index (χ4n) is 2.20. The lowest BCUT2D eigenvalue weighted by Crippen LogP contribution is -2.09. The van der Waals surface area contributed by atoms with Crippen molar-refractivity contribution in [3.05, 3.63) is 56.8 Å². The number of nitrogens with zero attached hydrogens (tertiary/aromatic N) is 1. The lowest BCUT2D eigenvalue weighted by Gasteiger charge is -2.12. The summed E-state index contributed by atoms with van der Waals surface area (Å²) in [4.78, 5) is 22.9. The van der Waals surface area contributed by atoms with Crippen molar-refractivity contribution in [2.45, 2.75) is 6.92 Å². The minimum absolute atomic E-state index is 0.168. The molecule has 0 aliphatic heterocycles. The number of anilines is 1. The molecule has 1 amide bonds. The van der Waals surface area contributed by atoms with Gasteiger partial charge in [0.15, 0.2) is 5.75 Å². The van der Waals surface area contributed by atoms with Crippen molar-refractivity contribution < 1.29 is 9.53 Å². The first-order valence-corrected chi connectivity index (χ1v) is 7.63. The van der Waals surface area contributed by atoms with E-state index in [4.69, 9.17) is 27.9 Å². The average Bonchev–Trinajstić information content (AvgIpc) is 2.52. The summed E-state index contributed by atoms with van der Waals surface area (Å²) in [5.41, 5.74) is 0.125. The second-order valence-corrected chi connectivity index (χ2v) is 5.77. The Hall–Kier alpha value is -2.57. The number of aromatic amines is 1. The molecule has 0 aliphatic rings. The normalized spacial score (nSPS) is 10.6. The number of ether oxygens (including phenoxy) is 1. The van der Waals surface area contributed by atoms with Gasteiger partial charge in [-0.1, -0.05) is 35.3 Å². The number of rotatable bonds is 3. The molecule has 3 aromatic rings. The molecule has 0 fully saturated rings. The van der Waals surface area contributed by atoms with E-state index in [2.05, 4.69) is 15.5 Å². The Kier molecular flexibility index (Phi) is 4.42. The van der Waals surface area contributed by atoms with Crippen LogP contribution in [0.3, 0.4) is 0 Å². The Morgan fingerprint density at radius 3 is 2.42 bits per heavy atom. The molecule has 0 saturated carbocycles. The maximum absolute atomic E-state index is 11.8. The molecule has 0 atom stereocenters. The summed E-state index contributed by atoms with van der Waals surface area (Å²) in [6.45, 7) is 1.38. The Morgan fingerprint density at radius 1 is 1.17 bits per heavy atom. The topological polar surface area (TPSA) is 84.1 Å². The molecule has 2 N–H and O–H groups in total. The van der Waals surface area contributed by atoms with Gasteiger partial charge in [0.2, 0.25) is 11.8 Å². The third-order valence-electron chi connectivity index (χ3n) is 3.18. The van der Waals surface area contributed by atoms with Gasteiger partial charge in [0.05, 0.1) is 20.8 Å². The van der Waals surface area contributed by atoms with Crippen LogP contribution in [0.4, 0.5) is 5.69 Å². The van der Waals surface area contributed by atoms with E-state index in [-0.39, 0.29) is 33.1 Å². The highest BCUT2D eigenvalue weighted by Gasteiger charge is 2.15. The molecule has 0 saturated heterocycles. The number of halogens is 2. The van der Waals surface area contributed by atoms with Crippen LogP contribution in [-0.2, 0) is 4.79 Å². The lowest BCUT2D eigenvalue weighted by atomic mass is 10.2. The van der Waals surface area contributed by atoms with E-state index in [1.54, 1.807) is 24.3 Å². The van der Waals surface area contributed by atoms with Crippen LogP contribution in [0.15, 0.2) is 41.2 Å². The molecule has 1 aromatic heterocycles. The number of carbonyl (C=O) groups excluding carboxylic acids is 1. The van der Waals surface area contributed by atoms with E-state index in [0.717, 1.165) is 0 Å². The van der Waals surface area contributed by atoms with Crippen molar-refractivity contribution in [2.75, 3.05) is 5.32 Å². The summed E-state index contributed by atoms with van der Waals surface area (Å²) >= 11 is 12.4. The molecule has 6 nitrogen and oxygen atoms in total. The monoisotopic (exact) mass is 363 g/mol. The maximum atomic E-state index is 11.8. The molecule has 2 aromatic carbocycles. The van der Waals surface area contributed by atoms with Gasteiger partial charge in [-0.25, -0.2) is 5.10 Å². The predicted octanol–water partition coefficient (Wildman–Crippen LogP) is 3.98. The van der Waals surface area contributed by atoms with E-state index in [1.807, 2.05) is 0 Å². The first-order chi connectivity index (χ1) is 11.5. The van der Waals surface area contributed by atoms with Crippen LogP contribution in [0.2, 0.25) is 10.0 Å². The Labute approximate surface area is 146 Å². The van der Waals surface area contributed by atoms with Crippen molar-refractivity contribution in [1.29, 1.82) is 0 Å². The highest BCUT2D eigenvalue weighted by atomic mass is 35.5. The highest BCUT2D eigenvalue weighted by Crippen LogP contribution is 2.39. The van der Waals surface area contributed by atoms with E-state index in [0.29, 0.717) is 16.5 Å². The molecule has 122 valence electrons. The van der Waals surface area contributed by atoms with E-state index in [1.165, 1.54) is 19.1 Å². The Bertz CT molecular complexity index is 978. The van der Waals surface area contributed by atoms with Crippen LogP contribution in [0, 0.1) is 0 Å². The van der Waals surface area contributed by atoms with Gasteiger partial charge in [0.25, 0.3) is 5.56 Å². The number of aromatic nitrogens is 2. The minimum Gasteiger partial charge on any atom is -0.434 e. The third-order valence-corrected chi connectivity index (χ3v) is 3.74. The van der Waals surface area contributed by atoms with Gasteiger partial charge in [-0.3, -0.25) is 9.59 Å². The van der Waals surface area contributed by atoms with Gasteiger partial charge < -0.3 is 10.1 Å². The van der Waals surface area contributed by atoms with Gasteiger partial charge in [0.1, 0.15) is 0 Å². The lowest BCUT2D eigenvalue weighted by molar-refractivity contribution is -0.114. The molecule has 0 spiro atoms. The van der Waals surface area contributed by atoms with Crippen molar-refractivity contribution in [3.8, 4) is 11.6 Å². The molecular formula is C16H11Cl2N3O3. The number of benzene rings is 2. The molecule has 0 unspecified atom stereocenters. The number of hydrogen-bond donors (Lipinski definition) is 2. The second-order valence-electron chi connectivity index (χ2n) is 4.96. The van der Waals surface area contributed by atoms with Crippen LogP contribution in [-0.4, -0.2) is 16.1 Å². The summed E-state index contributed by atoms with van der Waals surface area (Å²) in [6.07, 6.45) is 0. The molecule has 8 heteroatoms. The van der Waals surface area contributed by atoms with Crippen LogP contribution in [0.5, 0.6) is 11.6 Å². The van der Waals surface area contributed by atoms with Crippen molar-refractivity contribution >= 4 is 45.6 Å². The first kappa shape index (κ1) is 16.3. The highest BCUT2D eigenvalue weighted by molar-refractivity contribution is 6.37. The summed E-state index contributed by atoms with van der Waals surface area (Å²) < 4.78 is 5.71. The van der Waals surface area contributed by atoms with Gasteiger partial charge in [0, 0.05) is 12.6 Å². The van der Waals surface area contributed by atoms with Crippen LogP contribution >= 0.6 is 23.2 Å². The van der Waals surface area contributed by atoms with Crippen molar-refractivity contribution in [1.82, 2.24) is 10.2 Å². The summed E-state index contributed by atoms with van der Waals surface area (Å²) in [5, 5.41) is 10.2. The fourth-order valence-corrected chi connectivity index (χ4v) is 2.76. The number of nitrogens with one attached hydrogen (secondary N) is 2. The number of H-pyrrole nitrogens is 1. The van der Waals surface area contributed by atoms with Crippen LogP contribution in [0.25, 0.3) is 10.8 Å². The summed E-state index contributed by atoms with van der Waals surface area (Å²) in [5.74, 6) is 0.0995. The number of fused-ring (bicyclic) bond motifs is 1. The number of hydrogen-bond acceptors (Lipinski definition) is 4. The largest absolute Gasteiger partial charge is 0.434 e. The first-order valence-electron chi connectivity index (χ1n) is 6.87. The Morgan fingerprint density at radius 2 is 1.79 bits per heavy atom. The van der Waals surface area contributed by atoms with Crippen LogP contribution < -0.4 is 15.6 Å². The molecule has 1 heterocycles. The molecule has 0 radical (unpaired) electrons. The zero-order valence-electron chi connectivity index (χ0n) is 12.4. The summed E-state index contributed by atoms with van der Waals surface area (Å²) in [6, 6.07) is 9.89. The van der Waals surface area contributed by atoms with Gasteiger partial charge >= 0.3 is 0 Å². The molecule has 3 rings (SSSR count). The zero-order valence-corrected chi connectivity index (χ0v) is 13.9. The smallest absolute Gasteiger partial charge is 0.272 e. The summed E-state index contributed by atoms with van der Waals surface area (Å²) in [7, 11) is 0. The number of carbonyl (C=O) groups is 1.